The number of carboxylic acids is 3. The first-order valence-corrected chi connectivity index (χ1v) is 7.70. The maximum absolute atomic E-state index is 9.00. The van der Waals surface area contributed by atoms with Crippen molar-refractivity contribution in [3.63, 3.8) is 0 Å². The number of rotatable bonds is 7. The van der Waals surface area contributed by atoms with Gasteiger partial charge in [0.25, 0.3) is 17.9 Å². The van der Waals surface area contributed by atoms with Crippen molar-refractivity contribution in [2.24, 2.45) is 0 Å². The lowest BCUT2D eigenvalue weighted by atomic mass is 10.1. The molecule has 0 radical (unpaired) electrons. The van der Waals surface area contributed by atoms with E-state index in [0.717, 1.165) is 20.8 Å². The first-order chi connectivity index (χ1) is 10.1. The van der Waals surface area contributed by atoms with Crippen molar-refractivity contribution in [3.8, 4) is 0 Å². The fourth-order valence-corrected chi connectivity index (χ4v) is 1.21. The molecule has 0 heterocycles. The van der Waals surface area contributed by atoms with Gasteiger partial charge < -0.3 is 15.3 Å². The number of unbranched alkanes of at least 4 members (excludes halogenated alkanes) is 7. The Morgan fingerprint density at radius 3 is 0.818 bits per heavy atom. The molecule has 134 valence electrons. The summed E-state index contributed by atoms with van der Waals surface area (Å²) < 4.78 is 0. The van der Waals surface area contributed by atoms with Crippen LogP contribution in [0.15, 0.2) is 0 Å². The highest BCUT2D eigenvalue weighted by Crippen LogP contribution is 2.07. The van der Waals surface area contributed by atoms with E-state index in [2.05, 4.69) is 13.8 Å². The Morgan fingerprint density at radius 2 is 0.682 bits per heavy atom. The Hall–Kier alpha value is -1.59. The minimum Gasteiger partial charge on any atom is -0.481 e. The summed E-state index contributed by atoms with van der Waals surface area (Å²) in [5.74, 6) is -2.50. The van der Waals surface area contributed by atoms with Crippen LogP contribution in [0.4, 0.5) is 0 Å². The zero-order valence-electron chi connectivity index (χ0n) is 14.7. The second-order valence-corrected chi connectivity index (χ2v) is 4.68. The first kappa shape index (κ1) is 28.6. The summed E-state index contributed by atoms with van der Waals surface area (Å²) in [6, 6.07) is 0. The lowest BCUT2D eigenvalue weighted by molar-refractivity contribution is -0.135. The molecule has 22 heavy (non-hydrogen) atoms. The molecule has 0 unspecified atom stereocenters. The second-order valence-electron chi connectivity index (χ2n) is 4.68. The molecule has 0 aliphatic heterocycles. The van der Waals surface area contributed by atoms with Crippen molar-refractivity contribution >= 4 is 17.9 Å². The van der Waals surface area contributed by atoms with Crippen LogP contribution in [0.25, 0.3) is 0 Å². The SMILES string of the molecule is CC(=O)O.CC(=O)O.CC(=O)O.CCCCCCCCCC. The lowest BCUT2D eigenvalue weighted by Gasteiger charge is -1.97. The highest BCUT2D eigenvalue weighted by Gasteiger charge is 1.87. The molecule has 0 atom stereocenters. The summed E-state index contributed by atoms with van der Waals surface area (Å²) in [6.07, 6.45) is 11.5. The molecular formula is C16H34O6. The Morgan fingerprint density at radius 1 is 0.545 bits per heavy atom. The number of hydrogen-bond donors (Lipinski definition) is 3. The van der Waals surface area contributed by atoms with E-state index in [0.29, 0.717) is 0 Å². The van der Waals surface area contributed by atoms with E-state index in [1.807, 2.05) is 0 Å². The summed E-state index contributed by atoms with van der Waals surface area (Å²) in [6.45, 7) is 7.79. The van der Waals surface area contributed by atoms with Crippen LogP contribution in [-0.4, -0.2) is 33.2 Å². The molecule has 0 amide bonds. The van der Waals surface area contributed by atoms with Gasteiger partial charge in [-0.05, 0) is 0 Å². The van der Waals surface area contributed by atoms with E-state index < -0.39 is 17.9 Å². The number of carbonyl (C=O) groups is 3. The van der Waals surface area contributed by atoms with Crippen LogP contribution in [0.3, 0.4) is 0 Å². The summed E-state index contributed by atoms with van der Waals surface area (Å²) in [5, 5.41) is 22.2. The molecule has 0 saturated heterocycles. The fraction of sp³-hybridized carbons (Fsp3) is 0.812. The first-order valence-electron chi connectivity index (χ1n) is 7.70. The van der Waals surface area contributed by atoms with Crippen LogP contribution in [0.2, 0.25) is 0 Å². The molecule has 0 saturated carbocycles. The van der Waals surface area contributed by atoms with Crippen LogP contribution in [0, 0.1) is 0 Å². The van der Waals surface area contributed by atoms with Gasteiger partial charge in [0.15, 0.2) is 0 Å². The van der Waals surface area contributed by atoms with Gasteiger partial charge in [-0.15, -0.1) is 0 Å². The molecular weight excluding hydrogens is 288 g/mol. The highest BCUT2D eigenvalue weighted by atomic mass is 16.4. The standard InChI is InChI=1S/C10H22.3C2H4O2/c1-3-5-7-9-10-8-6-4-2;3*1-2(3)4/h3-10H2,1-2H3;3*1H3,(H,3,4). The number of aliphatic carboxylic acids is 3. The average molecular weight is 322 g/mol. The summed E-state index contributed by atoms with van der Waals surface area (Å²) in [5.41, 5.74) is 0. The van der Waals surface area contributed by atoms with E-state index in [4.69, 9.17) is 29.7 Å². The minimum absolute atomic E-state index is 0.833. The van der Waals surface area contributed by atoms with Gasteiger partial charge in [0.1, 0.15) is 0 Å². The zero-order chi connectivity index (χ0) is 18.4. The molecule has 3 N–H and O–H groups in total. The quantitative estimate of drug-likeness (QED) is 0.598. The molecule has 0 fully saturated rings. The van der Waals surface area contributed by atoms with Gasteiger partial charge >= 0.3 is 0 Å². The predicted molar refractivity (Wildman–Crippen MR) is 88.2 cm³/mol. The van der Waals surface area contributed by atoms with Crippen LogP contribution < -0.4 is 0 Å². The lowest BCUT2D eigenvalue weighted by Crippen LogP contribution is -1.78. The minimum atomic E-state index is -0.833. The van der Waals surface area contributed by atoms with E-state index in [1.54, 1.807) is 0 Å². The normalized spacial score (nSPS) is 8.05. The van der Waals surface area contributed by atoms with Gasteiger partial charge in [-0.1, -0.05) is 65.2 Å². The van der Waals surface area contributed by atoms with Gasteiger partial charge in [-0.3, -0.25) is 14.4 Å². The van der Waals surface area contributed by atoms with Crippen molar-refractivity contribution in [3.05, 3.63) is 0 Å². The fourth-order valence-electron chi connectivity index (χ4n) is 1.21. The molecule has 0 rings (SSSR count). The van der Waals surface area contributed by atoms with Gasteiger partial charge in [-0.25, -0.2) is 0 Å². The molecule has 0 aliphatic rings. The largest absolute Gasteiger partial charge is 0.481 e. The Balaban J connectivity index is -0.000000112. The van der Waals surface area contributed by atoms with Gasteiger partial charge in [0.05, 0.1) is 0 Å². The average Bonchev–Trinajstić information content (AvgIpc) is 2.31. The van der Waals surface area contributed by atoms with Crippen molar-refractivity contribution in [1.29, 1.82) is 0 Å². The monoisotopic (exact) mass is 322 g/mol. The second kappa shape index (κ2) is 27.7. The van der Waals surface area contributed by atoms with Crippen molar-refractivity contribution in [2.45, 2.75) is 86.0 Å². The topological polar surface area (TPSA) is 112 Å². The third-order valence-corrected chi connectivity index (χ3v) is 1.96. The summed E-state index contributed by atoms with van der Waals surface area (Å²) >= 11 is 0. The van der Waals surface area contributed by atoms with E-state index in [9.17, 15) is 0 Å². The Bertz CT molecular complexity index is 202. The van der Waals surface area contributed by atoms with Gasteiger partial charge in [0.2, 0.25) is 0 Å². The van der Waals surface area contributed by atoms with Crippen molar-refractivity contribution in [1.82, 2.24) is 0 Å². The van der Waals surface area contributed by atoms with Crippen LogP contribution in [-0.2, 0) is 14.4 Å². The molecule has 0 aromatic rings. The smallest absolute Gasteiger partial charge is 0.300 e. The van der Waals surface area contributed by atoms with Crippen LogP contribution >= 0.6 is 0 Å². The predicted octanol–water partition coefficient (Wildman–Crippen LogP) is 4.42. The van der Waals surface area contributed by atoms with Crippen molar-refractivity contribution < 1.29 is 29.7 Å². The third-order valence-electron chi connectivity index (χ3n) is 1.96. The van der Waals surface area contributed by atoms with Crippen LogP contribution in [0.5, 0.6) is 0 Å². The van der Waals surface area contributed by atoms with Gasteiger partial charge in [-0.2, -0.15) is 0 Å². The Kier molecular flexibility index (Phi) is 36.0. The number of hydrogen-bond acceptors (Lipinski definition) is 3. The van der Waals surface area contributed by atoms with Crippen LogP contribution in [0.1, 0.15) is 86.0 Å². The summed E-state index contributed by atoms with van der Waals surface area (Å²) in [4.78, 5) is 27.0. The molecule has 0 aliphatic carbocycles. The van der Waals surface area contributed by atoms with Crippen molar-refractivity contribution in [2.75, 3.05) is 0 Å². The molecule has 6 nitrogen and oxygen atoms in total. The third kappa shape index (κ3) is 191. The van der Waals surface area contributed by atoms with E-state index in [1.165, 1.54) is 51.4 Å². The summed E-state index contributed by atoms with van der Waals surface area (Å²) in [7, 11) is 0. The van der Waals surface area contributed by atoms with Gasteiger partial charge in [0, 0.05) is 20.8 Å². The number of carboxylic acid groups (broad SMARTS) is 3. The molecule has 0 spiro atoms. The molecule has 0 bridgehead atoms. The molecule has 0 aromatic carbocycles. The van der Waals surface area contributed by atoms with E-state index >= 15 is 0 Å². The maximum Gasteiger partial charge on any atom is 0.300 e. The Labute approximate surface area is 134 Å². The maximum atomic E-state index is 9.00. The van der Waals surface area contributed by atoms with E-state index in [-0.39, 0.29) is 0 Å². The molecule has 0 aromatic heterocycles. The zero-order valence-corrected chi connectivity index (χ0v) is 14.7. The molecule has 6 heteroatoms. The highest BCUT2D eigenvalue weighted by molar-refractivity contribution is 5.63.